The molecule has 0 aromatic heterocycles. The molecule has 2 aromatic rings. The Bertz CT molecular complexity index is 653. The lowest BCUT2D eigenvalue weighted by Gasteiger charge is -2.13. The van der Waals surface area contributed by atoms with Crippen molar-refractivity contribution in [1.82, 2.24) is 0 Å². The Balaban J connectivity index is 2.58. The SMILES string of the molecule is Fc1c(-c2cccc(C(F)(F)F)c2)cccc1C(F)(F)F. The fourth-order valence-electron chi connectivity index (χ4n) is 1.84. The van der Waals surface area contributed by atoms with Gasteiger partial charge >= 0.3 is 12.4 Å². The quantitative estimate of drug-likeness (QED) is 0.608. The van der Waals surface area contributed by atoms with E-state index < -0.39 is 34.9 Å². The second-order valence-corrected chi connectivity index (χ2v) is 4.24. The fourth-order valence-corrected chi connectivity index (χ4v) is 1.84. The third kappa shape index (κ3) is 3.17. The summed E-state index contributed by atoms with van der Waals surface area (Å²) in [6, 6.07) is 5.98. The summed E-state index contributed by atoms with van der Waals surface area (Å²) in [7, 11) is 0. The van der Waals surface area contributed by atoms with Crippen LogP contribution >= 0.6 is 0 Å². The van der Waals surface area contributed by atoms with Crippen molar-refractivity contribution in [3.8, 4) is 11.1 Å². The first-order valence-corrected chi connectivity index (χ1v) is 5.64. The Morgan fingerprint density at radius 1 is 0.714 bits per heavy atom. The molecule has 0 fully saturated rings. The van der Waals surface area contributed by atoms with Crippen LogP contribution in [0.15, 0.2) is 42.5 Å². The monoisotopic (exact) mass is 308 g/mol. The third-order valence-electron chi connectivity index (χ3n) is 2.81. The van der Waals surface area contributed by atoms with E-state index in [0.717, 1.165) is 30.3 Å². The zero-order valence-electron chi connectivity index (χ0n) is 10.2. The lowest BCUT2D eigenvalue weighted by molar-refractivity contribution is -0.140. The van der Waals surface area contributed by atoms with E-state index in [0.29, 0.717) is 12.1 Å². The van der Waals surface area contributed by atoms with E-state index in [9.17, 15) is 30.7 Å². The number of halogens is 7. The predicted octanol–water partition coefficient (Wildman–Crippen LogP) is 5.53. The van der Waals surface area contributed by atoms with Crippen LogP contribution in [0.2, 0.25) is 0 Å². The molecule has 0 atom stereocenters. The first-order valence-electron chi connectivity index (χ1n) is 5.64. The van der Waals surface area contributed by atoms with Gasteiger partial charge in [0.15, 0.2) is 0 Å². The van der Waals surface area contributed by atoms with Gasteiger partial charge in [-0.25, -0.2) is 4.39 Å². The first kappa shape index (κ1) is 15.3. The van der Waals surface area contributed by atoms with Crippen molar-refractivity contribution in [3.05, 3.63) is 59.4 Å². The van der Waals surface area contributed by atoms with Crippen LogP contribution in [0, 0.1) is 5.82 Å². The molecule has 2 aromatic carbocycles. The van der Waals surface area contributed by atoms with Gasteiger partial charge in [0.1, 0.15) is 5.82 Å². The highest BCUT2D eigenvalue weighted by atomic mass is 19.4. The van der Waals surface area contributed by atoms with Gasteiger partial charge in [-0.3, -0.25) is 0 Å². The summed E-state index contributed by atoms with van der Waals surface area (Å²) in [5.74, 6) is -1.59. The highest BCUT2D eigenvalue weighted by molar-refractivity contribution is 5.66. The number of hydrogen-bond donors (Lipinski definition) is 0. The number of rotatable bonds is 1. The summed E-state index contributed by atoms with van der Waals surface area (Å²) >= 11 is 0. The van der Waals surface area contributed by atoms with Crippen LogP contribution in [0.1, 0.15) is 11.1 Å². The zero-order chi connectivity index (χ0) is 15.8. The van der Waals surface area contributed by atoms with Crippen LogP contribution in [0.5, 0.6) is 0 Å². The maximum Gasteiger partial charge on any atom is 0.419 e. The van der Waals surface area contributed by atoms with Gasteiger partial charge in [0.25, 0.3) is 0 Å². The molecule has 7 heteroatoms. The number of benzene rings is 2. The smallest absolute Gasteiger partial charge is 0.206 e. The van der Waals surface area contributed by atoms with Gasteiger partial charge in [-0.05, 0) is 23.8 Å². The molecule has 21 heavy (non-hydrogen) atoms. The minimum Gasteiger partial charge on any atom is -0.206 e. The summed E-state index contributed by atoms with van der Waals surface area (Å²) in [5.41, 5.74) is -3.38. The molecule has 2 rings (SSSR count). The molecule has 0 saturated carbocycles. The molecule has 112 valence electrons. The lowest BCUT2D eigenvalue weighted by Crippen LogP contribution is -2.09. The van der Waals surface area contributed by atoms with Crippen molar-refractivity contribution >= 4 is 0 Å². The lowest BCUT2D eigenvalue weighted by atomic mass is 10.00. The topological polar surface area (TPSA) is 0 Å². The summed E-state index contributed by atoms with van der Waals surface area (Å²) in [4.78, 5) is 0. The second-order valence-electron chi connectivity index (χ2n) is 4.24. The molecular weight excluding hydrogens is 301 g/mol. The molecule has 0 radical (unpaired) electrons. The van der Waals surface area contributed by atoms with Crippen LogP contribution in [-0.4, -0.2) is 0 Å². The van der Waals surface area contributed by atoms with Crippen molar-refractivity contribution in [2.45, 2.75) is 12.4 Å². The molecule has 0 aliphatic rings. The van der Waals surface area contributed by atoms with E-state index in [1.807, 2.05) is 0 Å². The van der Waals surface area contributed by atoms with E-state index in [1.54, 1.807) is 0 Å². The van der Waals surface area contributed by atoms with Crippen LogP contribution in [0.4, 0.5) is 30.7 Å². The molecule has 0 aliphatic heterocycles. The summed E-state index contributed by atoms with van der Waals surface area (Å²) in [5, 5.41) is 0. The highest BCUT2D eigenvalue weighted by Crippen LogP contribution is 2.37. The van der Waals surface area contributed by atoms with Crippen molar-refractivity contribution < 1.29 is 30.7 Å². The Labute approximate surface area is 114 Å². The maximum atomic E-state index is 13.9. The summed E-state index contributed by atoms with van der Waals surface area (Å²) < 4.78 is 89.4. The van der Waals surface area contributed by atoms with Gasteiger partial charge in [-0.1, -0.05) is 24.3 Å². The van der Waals surface area contributed by atoms with E-state index >= 15 is 0 Å². The van der Waals surface area contributed by atoms with Crippen molar-refractivity contribution in [1.29, 1.82) is 0 Å². The molecule has 0 spiro atoms. The van der Waals surface area contributed by atoms with Gasteiger partial charge in [0, 0.05) is 5.56 Å². The van der Waals surface area contributed by atoms with E-state index in [2.05, 4.69) is 0 Å². The normalized spacial score (nSPS) is 12.5. The summed E-state index contributed by atoms with van der Waals surface area (Å²) in [6.07, 6.45) is -9.57. The predicted molar refractivity (Wildman–Crippen MR) is 61.8 cm³/mol. The first-order chi connectivity index (χ1) is 9.60. The number of hydrogen-bond acceptors (Lipinski definition) is 0. The number of alkyl halides is 6. The fraction of sp³-hybridized carbons (Fsp3) is 0.143. The Morgan fingerprint density at radius 3 is 1.90 bits per heavy atom. The van der Waals surface area contributed by atoms with Crippen LogP contribution in [0.3, 0.4) is 0 Å². The minimum absolute atomic E-state index is 0.270. The second kappa shape index (κ2) is 5.05. The van der Waals surface area contributed by atoms with Crippen LogP contribution in [-0.2, 0) is 12.4 Å². The molecule has 0 amide bonds. The van der Waals surface area contributed by atoms with E-state index in [-0.39, 0.29) is 5.56 Å². The zero-order valence-corrected chi connectivity index (χ0v) is 10.2. The highest BCUT2D eigenvalue weighted by Gasteiger charge is 2.35. The van der Waals surface area contributed by atoms with Crippen LogP contribution in [0.25, 0.3) is 11.1 Å². The van der Waals surface area contributed by atoms with E-state index in [1.165, 1.54) is 0 Å². The Morgan fingerprint density at radius 2 is 1.33 bits per heavy atom. The molecule has 0 nitrogen and oxygen atoms in total. The third-order valence-corrected chi connectivity index (χ3v) is 2.81. The van der Waals surface area contributed by atoms with Gasteiger partial charge in [-0.15, -0.1) is 0 Å². The molecule has 0 saturated heterocycles. The average molecular weight is 308 g/mol. The van der Waals surface area contributed by atoms with Gasteiger partial charge in [0.2, 0.25) is 0 Å². The van der Waals surface area contributed by atoms with Gasteiger partial charge in [0.05, 0.1) is 11.1 Å². The molecule has 0 aliphatic carbocycles. The van der Waals surface area contributed by atoms with Crippen molar-refractivity contribution in [3.63, 3.8) is 0 Å². The average Bonchev–Trinajstić information content (AvgIpc) is 2.37. The molecular formula is C14H7F7. The van der Waals surface area contributed by atoms with Gasteiger partial charge < -0.3 is 0 Å². The summed E-state index contributed by atoms with van der Waals surface area (Å²) in [6.45, 7) is 0. The standard InChI is InChI=1S/C14H7F7/c15-12-10(5-2-6-11(12)14(19,20)21)8-3-1-4-9(7-8)13(16,17)18/h1-7H. The Kier molecular flexibility index (Phi) is 3.69. The largest absolute Gasteiger partial charge is 0.419 e. The van der Waals surface area contributed by atoms with Crippen molar-refractivity contribution in [2.75, 3.05) is 0 Å². The van der Waals surface area contributed by atoms with Crippen LogP contribution < -0.4 is 0 Å². The van der Waals surface area contributed by atoms with E-state index in [4.69, 9.17) is 0 Å². The Hall–Kier alpha value is -2.05. The maximum absolute atomic E-state index is 13.9. The molecule has 0 N–H and O–H groups in total. The molecule has 0 unspecified atom stereocenters. The van der Waals surface area contributed by atoms with Crippen molar-refractivity contribution in [2.24, 2.45) is 0 Å². The minimum atomic E-state index is -4.91. The van der Waals surface area contributed by atoms with Gasteiger partial charge in [-0.2, -0.15) is 26.3 Å². The molecule has 0 heterocycles. The molecule has 0 bridgehead atoms.